The molecule has 2 N–H and O–H groups in total. The second-order valence-electron chi connectivity index (χ2n) is 3.28. The van der Waals surface area contributed by atoms with E-state index in [1.165, 1.54) is 14.2 Å². The van der Waals surface area contributed by atoms with E-state index >= 15 is 0 Å². The average molecular weight is 226 g/mol. The number of aliphatic hydroxyl groups excluding tert-OH is 1. The molecular weight excluding hydrogens is 212 g/mol. The van der Waals surface area contributed by atoms with Crippen LogP contribution in [0.5, 0.6) is 11.5 Å². The number of carboxylic acid groups (broad SMARTS) is 1. The van der Waals surface area contributed by atoms with Crippen molar-refractivity contribution in [2.75, 3.05) is 14.2 Å². The molecule has 1 aromatic rings. The molecule has 5 heteroatoms. The molecule has 88 valence electrons. The molecule has 0 saturated heterocycles. The summed E-state index contributed by atoms with van der Waals surface area (Å²) >= 11 is 0. The minimum atomic E-state index is -1.42. The van der Waals surface area contributed by atoms with E-state index in [4.69, 9.17) is 14.6 Å². The second-order valence-corrected chi connectivity index (χ2v) is 3.28. The van der Waals surface area contributed by atoms with Crippen LogP contribution in [0.3, 0.4) is 0 Å². The summed E-state index contributed by atoms with van der Waals surface area (Å²) in [7, 11) is 3.01. The lowest BCUT2D eigenvalue weighted by Gasteiger charge is -2.09. The van der Waals surface area contributed by atoms with Gasteiger partial charge in [0.2, 0.25) is 0 Å². The molecule has 0 aliphatic carbocycles. The molecule has 1 atom stereocenters. The number of ether oxygens (including phenoxy) is 2. The standard InChI is InChI=1S/C11H14O5/c1-15-8-3-7(4-9(6-8)16-2)5-10(12)11(13)14/h3-4,6,10,12H,5H2,1-2H3,(H,13,14). The smallest absolute Gasteiger partial charge is 0.332 e. The Labute approximate surface area is 93.2 Å². The summed E-state index contributed by atoms with van der Waals surface area (Å²) in [4.78, 5) is 10.5. The van der Waals surface area contributed by atoms with Gasteiger partial charge in [0, 0.05) is 12.5 Å². The molecule has 0 bridgehead atoms. The van der Waals surface area contributed by atoms with Crippen molar-refractivity contribution in [1.82, 2.24) is 0 Å². The highest BCUT2D eigenvalue weighted by atomic mass is 16.5. The molecule has 0 saturated carbocycles. The van der Waals surface area contributed by atoms with Crippen molar-refractivity contribution >= 4 is 5.97 Å². The van der Waals surface area contributed by atoms with Gasteiger partial charge in [-0.05, 0) is 17.7 Å². The fraction of sp³-hybridized carbons (Fsp3) is 0.364. The molecule has 0 amide bonds. The Balaban J connectivity index is 2.90. The predicted molar refractivity (Wildman–Crippen MR) is 56.9 cm³/mol. The number of methoxy groups -OCH3 is 2. The molecule has 0 heterocycles. The van der Waals surface area contributed by atoms with Crippen molar-refractivity contribution < 1.29 is 24.5 Å². The van der Waals surface area contributed by atoms with Crippen LogP contribution in [0.4, 0.5) is 0 Å². The maximum atomic E-state index is 10.5. The Morgan fingerprint density at radius 2 is 1.75 bits per heavy atom. The molecule has 0 spiro atoms. The van der Waals surface area contributed by atoms with Crippen LogP contribution in [0.15, 0.2) is 18.2 Å². The monoisotopic (exact) mass is 226 g/mol. The van der Waals surface area contributed by atoms with E-state index in [9.17, 15) is 9.90 Å². The van der Waals surface area contributed by atoms with Gasteiger partial charge in [0.05, 0.1) is 14.2 Å². The van der Waals surface area contributed by atoms with Gasteiger partial charge in [-0.2, -0.15) is 0 Å². The van der Waals surface area contributed by atoms with Crippen LogP contribution in [0, 0.1) is 0 Å². The van der Waals surface area contributed by atoms with Gasteiger partial charge in [0.1, 0.15) is 11.5 Å². The average Bonchev–Trinajstić information content (AvgIpc) is 2.28. The molecule has 0 radical (unpaired) electrons. The zero-order valence-corrected chi connectivity index (χ0v) is 9.14. The highest BCUT2D eigenvalue weighted by molar-refractivity contribution is 5.72. The number of rotatable bonds is 5. The fourth-order valence-electron chi connectivity index (χ4n) is 1.29. The van der Waals surface area contributed by atoms with E-state index < -0.39 is 12.1 Å². The summed E-state index contributed by atoms with van der Waals surface area (Å²) in [6, 6.07) is 5.00. The lowest BCUT2D eigenvalue weighted by molar-refractivity contribution is -0.146. The fourth-order valence-corrected chi connectivity index (χ4v) is 1.29. The summed E-state index contributed by atoms with van der Waals surface area (Å²) in [5.41, 5.74) is 0.645. The minimum Gasteiger partial charge on any atom is -0.497 e. The Bertz CT molecular complexity index is 352. The van der Waals surface area contributed by atoms with Crippen molar-refractivity contribution in [2.24, 2.45) is 0 Å². The van der Waals surface area contributed by atoms with E-state index in [0.717, 1.165) is 0 Å². The maximum Gasteiger partial charge on any atom is 0.332 e. The molecule has 0 aliphatic rings. The zero-order valence-electron chi connectivity index (χ0n) is 9.14. The molecule has 5 nitrogen and oxygen atoms in total. The summed E-state index contributed by atoms with van der Waals surface area (Å²) < 4.78 is 10.1. The van der Waals surface area contributed by atoms with Gasteiger partial charge in [-0.15, -0.1) is 0 Å². The Hall–Kier alpha value is -1.75. The number of carboxylic acids is 1. The lowest BCUT2D eigenvalue weighted by atomic mass is 10.1. The maximum absolute atomic E-state index is 10.5. The van der Waals surface area contributed by atoms with Gasteiger partial charge in [-0.25, -0.2) is 4.79 Å². The molecule has 16 heavy (non-hydrogen) atoms. The molecule has 1 aromatic carbocycles. The first kappa shape index (κ1) is 12.3. The summed E-state index contributed by atoms with van der Waals surface area (Å²) in [6.07, 6.45) is -1.40. The van der Waals surface area contributed by atoms with E-state index in [2.05, 4.69) is 0 Å². The SMILES string of the molecule is COc1cc(CC(O)C(=O)O)cc(OC)c1. The lowest BCUT2D eigenvalue weighted by Crippen LogP contribution is -2.21. The predicted octanol–water partition coefficient (Wildman–Crippen LogP) is 0.692. The van der Waals surface area contributed by atoms with E-state index in [0.29, 0.717) is 17.1 Å². The molecular formula is C11H14O5. The van der Waals surface area contributed by atoms with Crippen LogP contribution in [0.1, 0.15) is 5.56 Å². The van der Waals surface area contributed by atoms with Crippen LogP contribution in [0.25, 0.3) is 0 Å². The number of benzene rings is 1. The van der Waals surface area contributed by atoms with Crippen molar-refractivity contribution in [3.8, 4) is 11.5 Å². The van der Waals surface area contributed by atoms with Crippen LogP contribution < -0.4 is 9.47 Å². The van der Waals surface area contributed by atoms with Gasteiger partial charge in [-0.1, -0.05) is 0 Å². The second kappa shape index (κ2) is 5.37. The third kappa shape index (κ3) is 3.13. The first-order valence-corrected chi connectivity index (χ1v) is 4.69. The Kier molecular flexibility index (Phi) is 4.13. The number of aliphatic hydroxyl groups is 1. The first-order chi connectivity index (χ1) is 7.56. The molecule has 0 fully saturated rings. The van der Waals surface area contributed by atoms with Crippen molar-refractivity contribution in [1.29, 1.82) is 0 Å². The van der Waals surface area contributed by atoms with Crippen LogP contribution in [-0.2, 0) is 11.2 Å². The van der Waals surface area contributed by atoms with Crippen molar-refractivity contribution in [3.05, 3.63) is 23.8 Å². The van der Waals surface area contributed by atoms with Crippen LogP contribution >= 0.6 is 0 Å². The number of hydrogen-bond donors (Lipinski definition) is 2. The zero-order chi connectivity index (χ0) is 12.1. The Morgan fingerprint density at radius 1 is 1.25 bits per heavy atom. The van der Waals surface area contributed by atoms with Gasteiger partial charge >= 0.3 is 5.97 Å². The van der Waals surface area contributed by atoms with Gasteiger partial charge in [0.15, 0.2) is 6.10 Å². The third-order valence-electron chi connectivity index (χ3n) is 2.13. The largest absolute Gasteiger partial charge is 0.497 e. The van der Waals surface area contributed by atoms with Crippen molar-refractivity contribution in [3.63, 3.8) is 0 Å². The van der Waals surface area contributed by atoms with Gasteiger partial charge in [0.25, 0.3) is 0 Å². The Morgan fingerprint density at radius 3 is 2.12 bits per heavy atom. The third-order valence-corrected chi connectivity index (χ3v) is 2.13. The highest BCUT2D eigenvalue weighted by Gasteiger charge is 2.14. The summed E-state index contributed by atoms with van der Waals surface area (Å²) in [6.45, 7) is 0. The van der Waals surface area contributed by atoms with Gasteiger partial charge < -0.3 is 19.7 Å². The van der Waals surface area contributed by atoms with E-state index in [1.54, 1.807) is 18.2 Å². The van der Waals surface area contributed by atoms with Crippen LogP contribution in [-0.4, -0.2) is 36.5 Å². The molecule has 0 aliphatic heterocycles. The van der Waals surface area contributed by atoms with Gasteiger partial charge in [-0.3, -0.25) is 0 Å². The summed E-state index contributed by atoms with van der Waals surface area (Å²) in [5, 5.41) is 17.8. The van der Waals surface area contributed by atoms with Crippen molar-refractivity contribution in [2.45, 2.75) is 12.5 Å². The minimum absolute atomic E-state index is 0.0168. The van der Waals surface area contributed by atoms with Crippen LogP contribution in [0.2, 0.25) is 0 Å². The number of hydrogen-bond acceptors (Lipinski definition) is 4. The highest BCUT2D eigenvalue weighted by Crippen LogP contribution is 2.23. The van der Waals surface area contributed by atoms with E-state index in [1.807, 2.05) is 0 Å². The van der Waals surface area contributed by atoms with E-state index in [-0.39, 0.29) is 6.42 Å². The number of aliphatic carboxylic acids is 1. The molecule has 0 aromatic heterocycles. The normalized spacial score (nSPS) is 11.9. The summed E-state index contributed by atoms with van der Waals surface area (Å²) in [5.74, 6) is -0.124. The first-order valence-electron chi connectivity index (χ1n) is 4.69. The molecule has 1 unspecified atom stereocenters. The number of carbonyl (C=O) groups is 1. The quantitative estimate of drug-likeness (QED) is 0.772. The topological polar surface area (TPSA) is 76.0 Å². The molecule has 1 rings (SSSR count).